The largest absolute Gasteiger partial charge is 0.480 e. The number of nitrogens with zero attached hydrogens (tertiary/aromatic N) is 2. The van der Waals surface area contributed by atoms with E-state index in [9.17, 15) is 4.79 Å². The lowest BCUT2D eigenvalue weighted by molar-refractivity contribution is -0.144. The smallest absolute Gasteiger partial charge is 0.306 e. The van der Waals surface area contributed by atoms with Gasteiger partial charge in [0.15, 0.2) is 0 Å². The minimum Gasteiger partial charge on any atom is -0.480 e. The Bertz CT molecular complexity index is 881. The molecule has 0 aliphatic carbocycles. The highest BCUT2D eigenvalue weighted by Crippen LogP contribution is 2.20. The number of rotatable bonds is 6. The van der Waals surface area contributed by atoms with E-state index in [-0.39, 0.29) is 19.0 Å². The van der Waals surface area contributed by atoms with Crippen molar-refractivity contribution in [2.75, 3.05) is 7.11 Å². The van der Waals surface area contributed by atoms with E-state index in [0.29, 0.717) is 23.0 Å². The Morgan fingerprint density at radius 2 is 1.72 bits per heavy atom. The van der Waals surface area contributed by atoms with Gasteiger partial charge in [0.05, 0.1) is 24.6 Å². The van der Waals surface area contributed by atoms with Crippen molar-refractivity contribution in [1.82, 2.24) is 9.97 Å². The Morgan fingerprint density at radius 1 is 1.04 bits per heavy atom. The highest BCUT2D eigenvalue weighted by atomic mass is 35.5. The van der Waals surface area contributed by atoms with Crippen LogP contribution in [0.1, 0.15) is 17.7 Å². The van der Waals surface area contributed by atoms with Crippen LogP contribution in [0.25, 0.3) is 11.0 Å². The van der Waals surface area contributed by atoms with Gasteiger partial charge in [0.2, 0.25) is 5.88 Å². The van der Waals surface area contributed by atoms with Crippen molar-refractivity contribution in [2.45, 2.75) is 19.4 Å². The molecule has 0 radical (unpaired) electrons. The molecule has 2 aromatic carbocycles. The van der Waals surface area contributed by atoms with Crippen LogP contribution < -0.4 is 4.74 Å². The summed E-state index contributed by atoms with van der Waals surface area (Å²) in [4.78, 5) is 20.9. The Kier molecular flexibility index (Phi) is 5.46. The highest BCUT2D eigenvalue weighted by Gasteiger charge is 2.12. The number of carbonyl (C=O) groups excluding carboxylic acids is 1. The Hall–Kier alpha value is -2.66. The number of hydrogen-bond donors (Lipinski definition) is 0. The van der Waals surface area contributed by atoms with Crippen molar-refractivity contribution in [3.05, 3.63) is 64.8 Å². The van der Waals surface area contributed by atoms with Crippen LogP contribution in [-0.2, 0) is 22.6 Å². The van der Waals surface area contributed by atoms with Crippen molar-refractivity contribution in [3.8, 4) is 5.88 Å². The standard InChI is InChI=1S/C19H17ClN2O3/c1-24-19-17(21-15-4-2-3-5-16(15)22-19)10-11-18(23)25-12-13-6-8-14(20)9-7-13/h2-9H,10-12H2,1H3. The van der Waals surface area contributed by atoms with Crippen LogP contribution in [0.3, 0.4) is 0 Å². The fourth-order valence-electron chi connectivity index (χ4n) is 2.38. The predicted molar refractivity (Wildman–Crippen MR) is 95.7 cm³/mol. The number of aromatic nitrogens is 2. The highest BCUT2D eigenvalue weighted by molar-refractivity contribution is 6.30. The van der Waals surface area contributed by atoms with Crippen LogP contribution in [0.2, 0.25) is 5.02 Å². The molecule has 5 nitrogen and oxygen atoms in total. The Morgan fingerprint density at radius 3 is 2.40 bits per heavy atom. The quantitative estimate of drug-likeness (QED) is 0.625. The number of hydrogen-bond acceptors (Lipinski definition) is 5. The first-order chi connectivity index (χ1) is 12.2. The second-order valence-corrected chi connectivity index (χ2v) is 5.89. The zero-order chi connectivity index (χ0) is 17.6. The van der Waals surface area contributed by atoms with Crippen LogP contribution >= 0.6 is 11.6 Å². The molecule has 0 aliphatic rings. The van der Waals surface area contributed by atoms with Gasteiger partial charge in [0.25, 0.3) is 0 Å². The summed E-state index contributed by atoms with van der Waals surface area (Å²) in [7, 11) is 1.54. The minimum absolute atomic E-state index is 0.205. The van der Waals surface area contributed by atoms with Gasteiger partial charge >= 0.3 is 5.97 Å². The van der Waals surface area contributed by atoms with Gasteiger partial charge in [-0.25, -0.2) is 9.97 Å². The van der Waals surface area contributed by atoms with Gasteiger partial charge < -0.3 is 9.47 Å². The SMILES string of the molecule is COc1nc2ccccc2nc1CCC(=O)OCc1ccc(Cl)cc1. The molecule has 0 fully saturated rings. The van der Waals surface area contributed by atoms with Gasteiger partial charge in [-0.05, 0) is 29.8 Å². The second-order valence-electron chi connectivity index (χ2n) is 5.46. The Balaban J connectivity index is 1.61. The lowest BCUT2D eigenvalue weighted by atomic mass is 10.2. The summed E-state index contributed by atoms with van der Waals surface area (Å²) in [6.07, 6.45) is 0.609. The molecule has 25 heavy (non-hydrogen) atoms. The first-order valence-electron chi connectivity index (χ1n) is 7.85. The molecule has 0 spiro atoms. The normalized spacial score (nSPS) is 10.6. The van der Waals surface area contributed by atoms with E-state index in [1.807, 2.05) is 36.4 Å². The number of carbonyl (C=O) groups is 1. The third-order valence-corrected chi connectivity index (χ3v) is 3.93. The molecule has 0 atom stereocenters. The maximum absolute atomic E-state index is 12.0. The maximum atomic E-state index is 12.0. The molecule has 0 unspecified atom stereocenters. The summed E-state index contributed by atoms with van der Waals surface area (Å²) in [6, 6.07) is 14.7. The van der Waals surface area contributed by atoms with Crippen LogP contribution in [-0.4, -0.2) is 23.0 Å². The zero-order valence-electron chi connectivity index (χ0n) is 13.7. The first kappa shape index (κ1) is 17.2. The van der Waals surface area contributed by atoms with Gasteiger partial charge in [0.1, 0.15) is 12.3 Å². The molecule has 128 valence electrons. The summed E-state index contributed by atoms with van der Waals surface area (Å²) in [5.74, 6) is 0.135. The summed E-state index contributed by atoms with van der Waals surface area (Å²) < 4.78 is 10.6. The van der Waals surface area contributed by atoms with E-state index in [1.165, 1.54) is 0 Å². The number of ether oxygens (including phenoxy) is 2. The number of halogens is 1. The first-order valence-corrected chi connectivity index (χ1v) is 8.23. The fourth-order valence-corrected chi connectivity index (χ4v) is 2.51. The van der Waals surface area contributed by atoms with Gasteiger partial charge in [-0.2, -0.15) is 0 Å². The molecule has 0 amide bonds. The number of para-hydroxylation sites is 2. The number of fused-ring (bicyclic) bond motifs is 1. The van der Waals surface area contributed by atoms with Crippen LogP contribution in [0.4, 0.5) is 0 Å². The lowest BCUT2D eigenvalue weighted by Gasteiger charge is -2.09. The fraction of sp³-hybridized carbons (Fsp3) is 0.211. The lowest BCUT2D eigenvalue weighted by Crippen LogP contribution is -2.08. The zero-order valence-corrected chi connectivity index (χ0v) is 14.5. The monoisotopic (exact) mass is 356 g/mol. The van der Waals surface area contributed by atoms with Crippen molar-refractivity contribution >= 4 is 28.6 Å². The van der Waals surface area contributed by atoms with Crippen molar-refractivity contribution in [2.24, 2.45) is 0 Å². The van der Waals surface area contributed by atoms with E-state index in [0.717, 1.165) is 16.6 Å². The molecule has 1 aromatic heterocycles. The molecule has 3 rings (SSSR count). The van der Waals surface area contributed by atoms with Crippen LogP contribution in [0.15, 0.2) is 48.5 Å². The van der Waals surface area contributed by atoms with Gasteiger partial charge in [0, 0.05) is 11.4 Å². The molecule has 0 N–H and O–H groups in total. The van der Waals surface area contributed by atoms with Crippen LogP contribution in [0.5, 0.6) is 5.88 Å². The molecular weight excluding hydrogens is 340 g/mol. The molecule has 0 saturated heterocycles. The maximum Gasteiger partial charge on any atom is 0.306 e. The predicted octanol–water partition coefficient (Wildman–Crippen LogP) is 3.97. The number of aryl methyl sites for hydroxylation is 1. The Labute approximate surface area is 150 Å². The average Bonchev–Trinajstić information content (AvgIpc) is 2.65. The van der Waals surface area contributed by atoms with Crippen molar-refractivity contribution < 1.29 is 14.3 Å². The molecule has 0 saturated carbocycles. The molecule has 1 heterocycles. The van der Waals surface area contributed by atoms with E-state index in [1.54, 1.807) is 19.2 Å². The van der Waals surface area contributed by atoms with Crippen LogP contribution in [0, 0.1) is 0 Å². The minimum atomic E-state index is -0.299. The van der Waals surface area contributed by atoms with E-state index >= 15 is 0 Å². The summed E-state index contributed by atoms with van der Waals surface area (Å²) in [5, 5.41) is 0.650. The molecule has 6 heteroatoms. The van der Waals surface area contributed by atoms with Gasteiger partial charge in [-0.15, -0.1) is 0 Å². The number of benzene rings is 2. The van der Waals surface area contributed by atoms with E-state index in [4.69, 9.17) is 21.1 Å². The van der Waals surface area contributed by atoms with Crippen molar-refractivity contribution in [1.29, 1.82) is 0 Å². The summed E-state index contributed by atoms with van der Waals surface area (Å²) >= 11 is 5.83. The molecular formula is C19H17ClN2O3. The molecule has 0 aliphatic heterocycles. The van der Waals surface area contributed by atoms with E-state index in [2.05, 4.69) is 9.97 Å². The summed E-state index contributed by atoms with van der Waals surface area (Å²) in [6.45, 7) is 0.219. The van der Waals surface area contributed by atoms with Gasteiger partial charge in [-0.1, -0.05) is 35.9 Å². The third-order valence-electron chi connectivity index (χ3n) is 3.68. The average molecular weight is 357 g/mol. The topological polar surface area (TPSA) is 61.3 Å². The van der Waals surface area contributed by atoms with Crippen molar-refractivity contribution in [3.63, 3.8) is 0 Å². The van der Waals surface area contributed by atoms with Gasteiger partial charge in [-0.3, -0.25) is 4.79 Å². The third kappa shape index (κ3) is 4.45. The number of esters is 1. The molecule has 0 bridgehead atoms. The number of methoxy groups -OCH3 is 1. The molecule has 3 aromatic rings. The summed E-state index contributed by atoms with van der Waals surface area (Å²) in [5.41, 5.74) is 3.06. The second kappa shape index (κ2) is 7.94. The van der Waals surface area contributed by atoms with E-state index < -0.39 is 0 Å².